The molecule has 1 heteroatoms. The number of hydrogen-bond donors (Lipinski definition) is 0. The molecular weight excluding hydrogens is 160 g/mol. The third-order valence-electron chi connectivity index (χ3n) is 1.93. The third-order valence-corrected chi connectivity index (χ3v) is 1.93. The van der Waals surface area contributed by atoms with Crippen LogP contribution in [0.4, 0.5) is 0 Å². The van der Waals surface area contributed by atoms with Crippen LogP contribution in [0.25, 0.3) is 0 Å². The fraction of sp³-hybridized carbons (Fsp3) is 0.333. The van der Waals surface area contributed by atoms with E-state index in [9.17, 15) is 0 Å². The van der Waals surface area contributed by atoms with Gasteiger partial charge in [0.15, 0.2) is 0 Å². The van der Waals surface area contributed by atoms with Gasteiger partial charge in [-0.3, -0.25) is 0 Å². The van der Waals surface area contributed by atoms with Crippen LogP contribution in [0.5, 0.6) is 0 Å². The summed E-state index contributed by atoms with van der Waals surface area (Å²) >= 11 is 0. The van der Waals surface area contributed by atoms with E-state index in [-0.39, 0.29) is 6.10 Å². The Bertz CT molecular complexity index is 282. The first-order valence-electron chi connectivity index (χ1n) is 4.42. The van der Waals surface area contributed by atoms with E-state index in [0.717, 1.165) is 5.56 Å². The molecule has 1 nitrogen and oxygen atoms in total. The second kappa shape index (κ2) is 4.57. The van der Waals surface area contributed by atoms with Crippen LogP contribution < -0.4 is 0 Å². The summed E-state index contributed by atoms with van der Waals surface area (Å²) in [5.41, 5.74) is 1.13. The molecule has 1 rings (SSSR count). The largest absolute Gasteiger partial charge is 0.438 e. The first kappa shape index (κ1) is 9.67. The molecule has 0 aromatic heterocycles. The Hall–Kier alpha value is -1.42. The second-order valence-corrected chi connectivity index (χ2v) is 3.31. The lowest BCUT2D eigenvalue weighted by atomic mass is 9.99. The lowest BCUT2D eigenvalue weighted by molar-refractivity contribution is 0.121. The lowest BCUT2D eigenvalue weighted by Crippen LogP contribution is -2.08. The van der Waals surface area contributed by atoms with Gasteiger partial charge in [0.05, 0.1) is 0 Å². The van der Waals surface area contributed by atoms with Gasteiger partial charge in [-0.25, -0.2) is 0 Å². The van der Waals surface area contributed by atoms with Crippen LogP contribution in [-0.2, 0) is 4.74 Å². The van der Waals surface area contributed by atoms with Crippen LogP contribution >= 0.6 is 0 Å². The molecule has 0 fully saturated rings. The van der Waals surface area contributed by atoms with Crippen molar-refractivity contribution >= 4 is 0 Å². The van der Waals surface area contributed by atoms with E-state index in [1.807, 2.05) is 30.3 Å². The Morgan fingerprint density at radius 2 is 1.85 bits per heavy atom. The van der Waals surface area contributed by atoms with E-state index in [2.05, 4.69) is 20.0 Å². The summed E-state index contributed by atoms with van der Waals surface area (Å²) in [6, 6.07) is 10.0. The van der Waals surface area contributed by atoms with Crippen molar-refractivity contribution in [3.8, 4) is 12.5 Å². The van der Waals surface area contributed by atoms with Crippen molar-refractivity contribution in [3.05, 3.63) is 35.9 Å². The Kier molecular flexibility index (Phi) is 3.40. The first-order chi connectivity index (χ1) is 6.25. The summed E-state index contributed by atoms with van der Waals surface area (Å²) in [6.45, 7) is 4.18. The number of rotatable bonds is 3. The lowest BCUT2D eigenvalue weighted by Gasteiger charge is -2.18. The van der Waals surface area contributed by atoms with Crippen molar-refractivity contribution in [2.75, 3.05) is 0 Å². The Morgan fingerprint density at radius 3 is 2.31 bits per heavy atom. The smallest absolute Gasteiger partial charge is 0.138 e. The van der Waals surface area contributed by atoms with Crippen LogP contribution in [0.3, 0.4) is 0 Å². The van der Waals surface area contributed by atoms with Crippen molar-refractivity contribution in [2.45, 2.75) is 20.0 Å². The maximum absolute atomic E-state index is 5.22. The molecule has 0 N–H and O–H groups in total. The van der Waals surface area contributed by atoms with Gasteiger partial charge in [-0.15, -0.1) is 0 Å². The van der Waals surface area contributed by atoms with Gasteiger partial charge in [0.1, 0.15) is 12.2 Å². The van der Waals surface area contributed by atoms with Gasteiger partial charge >= 0.3 is 0 Å². The summed E-state index contributed by atoms with van der Waals surface area (Å²) in [6.07, 6.45) is 7.39. The normalized spacial score (nSPS) is 12.2. The van der Waals surface area contributed by atoms with Crippen LogP contribution in [0, 0.1) is 18.4 Å². The van der Waals surface area contributed by atoms with Crippen LogP contribution in [0.15, 0.2) is 30.3 Å². The van der Waals surface area contributed by atoms with Crippen LogP contribution in [-0.4, -0.2) is 0 Å². The van der Waals surface area contributed by atoms with Gasteiger partial charge in [0.25, 0.3) is 0 Å². The molecule has 1 atom stereocenters. The highest BCUT2D eigenvalue weighted by molar-refractivity contribution is 5.18. The predicted octanol–water partition coefficient (Wildman–Crippen LogP) is 2.99. The van der Waals surface area contributed by atoms with Gasteiger partial charge < -0.3 is 4.74 Å². The molecule has 0 amide bonds. The maximum atomic E-state index is 5.22. The van der Waals surface area contributed by atoms with Crippen molar-refractivity contribution in [2.24, 2.45) is 5.92 Å². The molecule has 0 bridgehead atoms. The molecule has 1 unspecified atom stereocenters. The van der Waals surface area contributed by atoms with Gasteiger partial charge in [-0.2, -0.15) is 0 Å². The molecule has 0 aliphatic rings. The summed E-state index contributed by atoms with van der Waals surface area (Å²) in [7, 11) is 0. The van der Waals surface area contributed by atoms with E-state index in [4.69, 9.17) is 11.2 Å². The summed E-state index contributed by atoms with van der Waals surface area (Å²) < 4.78 is 5.22. The predicted molar refractivity (Wildman–Crippen MR) is 53.9 cm³/mol. The highest BCUT2D eigenvalue weighted by Gasteiger charge is 2.15. The van der Waals surface area contributed by atoms with Crippen molar-refractivity contribution in [3.63, 3.8) is 0 Å². The second-order valence-electron chi connectivity index (χ2n) is 3.31. The Labute approximate surface area is 79.7 Å². The van der Waals surface area contributed by atoms with Crippen molar-refractivity contribution in [1.82, 2.24) is 0 Å². The molecule has 0 aliphatic heterocycles. The molecule has 1 aromatic carbocycles. The highest BCUT2D eigenvalue weighted by Crippen LogP contribution is 2.24. The topological polar surface area (TPSA) is 9.23 Å². The monoisotopic (exact) mass is 174 g/mol. The average Bonchev–Trinajstić information content (AvgIpc) is 2.15. The number of benzene rings is 1. The average molecular weight is 174 g/mol. The molecular formula is C12H14O. The van der Waals surface area contributed by atoms with Gasteiger partial charge in [0, 0.05) is 0 Å². The molecule has 68 valence electrons. The SMILES string of the molecule is C#COC(c1ccccc1)C(C)C. The molecule has 0 aliphatic carbocycles. The van der Waals surface area contributed by atoms with Crippen molar-refractivity contribution in [1.29, 1.82) is 0 Å². The van der Waals surface area contributed by atoms with E-state index < -0.39 is 0 Å². The van der Waals surface area contributed by atoms with E-state index >= 15 is 0 Å². The molecule has 0 heterocycles. The Balaban J connectivity index is 2.84. The first-order valence-corrected chi connectivity index (χ1v) is 4.42. The van der Waals surface area contributed by atoms with Gasteiger partial charge in [-0.1, -0.05) is 50.6 Å². The zero-order chi connectivity index (χ0) is 9.68. The fourth-order valence-electron chi connectivity index (χ4n) is 1.31. The standard InChI is InChI=1S/C12H14O/c1-4-13-12(10(2)3)11-8-6-5-7-9-11/h1,5-10,12H,2-3H3. The van der Waals surface area contributed by atoms with E-state index in [1.165, 1.54) is 0 Å². The Morgan fingerprint density at radius 1 is 1.23 bits per heavy atom. The fourth-order valence-corrected chi connectivity index (χ4v) is 1.31. The quantitative estimate of drug-likeness (QED) is 0.640. The number of ether oxygens (including phenoxy) is 1. The molecule has 0 spiro atoms. The minimum atomic E-state index is 0.00574. The summed E-state index contributed by atoms with van der Waals surface area (Å²) in [5.74, 6) is 0.387. The third kappa shape index (κ3) is 2.52. The minimum Gasteiger partial charge on any atom is -0.438 e. The highest BCUT2D eigenvalue weighted by atomic mass is 16.5. The van der Waals surface area contributed by atoms with Gasteiger partial charge in [-0.05, 0) is 11.5 Å². The van der Waals surface area contributed by atoms with Gasteiger partial charge in [0.2, 0.25) is 0 Å². The number of terminal acetylenes is 1. The molecule has 0 saturated heterocycles. The molecule has 0 saturated carbocycles. The number of hydrogen-bond acceptors (Lipinski definition) is 1. The molecule has 1 aromatic rings. The van der Waals surface area contributed by atoms with Crippen LogP contribution in [0.1, 0.15) is 25.5 Å². The zero-order valence-electron chi connectivity index (χ0n) is 8.03. The zero-order valence-corrected chi connectivity index (χ0v) is 8.03. The van der Waals surface area contributed by atoms with Crippen molar-refractivity contribution < 1.29 is 4.74 Å². The van der Waals surface area contributed by atoms with E-state index in [1.54, 1.807) is 0 Å². The maximum Gasteiger partial charge on any atom is 0.138 e. The van der Waals surface area contributed by atoms with E-state index in [0.29, 0.717) is 5.92 Å². The minimum absolute atomic E-state index is 0.00574. The van der Waals surface area contributed by atoms with Crippen LogP contribution in [0.2, 0.25) is 0 Å². The molecule has 0 radical (unpaired) electrons. The summed E-state index contributed by atoms with van der Waals surface area (Å²) in [5, 5.41) is 0. The molecule has 13 heavy (non-hydrogen) atoms. The summed E-state index contributed by atoms with van der Waals surface area (Å²) in [4.78, 5) is 0.